The van der Waals surface area contributed by atoms with Crippen LogP contribution in [0.15, 0.2) is 35.1 Å². The maximum absolute atomic E-state index is 12.8. The molecule has 0 N–H and O–H groups in total. The Morgan fingerprint density at radius 2 is 2.13 bits per heavy atom. The largest absolute Gasteiger partial charge is 0.278 e. The molecule has 118 valence electrons. The number of aromatic nitrogens is 3. The first kappa shape index (κ1) is 14.6. The molecule has 0 saturated heterocycles. The van der Waals surface area contributed by atoms with E-state index in [1.54, 1.807) is 11.3 Å². The molecule has 4 nitrogen and oxygen atoms in total. The highest BCUT2D eigenvalue weighted by Crippen LogP contribution is 2.35. The Labute approximate surface area is 138 Å². The summed E-state index contributed by atoms with van der Waals surface area (Å²) in [4.78, 5) is 15.0. The summed E-state index contributed by atoms with van der Waals surface area (Å²) < 4.78 is 1.53. The van der Waals surface area contributed by atoms with Crippen molar-refractivity contribution in [2.75, 3.05) is 0 Å². The molecule has 0 saturated carbocycles. The standard InChI is InChI=1S/C18H19N3OS/c1-12-7-8-14-15(11-12)23-17-16(14)18(22)21(20-19-17)10-9-13-5-3-2-4-6-13/h2-6,12H,7-11H2,1H3. The molecule has 1 atom stereocenters. The van der Waals surface area contributed by atoms with Gasteiger partial charge in [0.05, 0.1) is 11.9 Å². The SMILES string of the molecule is CC1CCc2c(sc3nnn(CCc4ccccc4)c(=O)c23)C1. The van der Waals surface area contributed by atoms with Crippen molar-refractivity contribution in [3.05, 3.63) is 56.7 Å². The minimum Gasteiger partial charge on any atom is -0.267 e. The number of thiophene rings is 1. The Morgan fingerprint density at radius 1 is 1.30 bits per heavy atom. The lowest BCUT2D eigenvalue weighted by molar-refractivity contribution is 0.508. The number of nitrogens with zero attached hydrogens (tertiary/aromatic N) is 3. The number of aryl methyl sites for hydroxylation is 3. The Balaban J connectivity index is 1.69. The van der Waals surface area contributed by atoms with Crippen molar-refractivity contribution in [2.45, 2.75) is 39.2 Å². The fourth-order valence-electron chi connectivity index (χ4n) is 3.32. The summed E-state index contributed by atoms with van der Waals surface area (Å²) in [5.41, 5.74) is 2.47. The maximum atomic E-state index is 12.8. The third-order valence-corrected chi connectivity index (χ3v) is 5.78. The average molecular weight is 325 g/mol. The summed E-state index contributed by atoms with van der Waals surface area (Å²) in [5, 5.41) is 9.28. The Hall–Kier alpha value is -2.01. The lowest BCUT2D eigenvalue weighted by Gasteiger charge is -2.17. The van der Waals surface area contributed by atoms with E-state index >= 15 is 0 Å². The molecule has 2 aromatic heterocycles. The van der Waals surface area contributed by atoms with Crippen LogP contribution in [0.1, 0.15) is 29.3 Å². The third-order valence-electron chi connectivity index (χ3n) is 4.64. The molecule has 1 aromatic carbocycles. The summed E-state index contributed by atoms with van der Waals surface area (Å²) in [7, 11) is 0. The smallest absolute Gasteiger partial charge is 0.267 e. The first-order chi connectivity index (χ1) is 11.2. The van der Waals surface area contributed by atoms with E-state index in [-0.39, 0.29) is 5.56 Å². The van der Waals surface area contributed by atoms with E-state index in [9.17, 15) is 4.79 Å². The third kappa shape index (κ3) is 2.70. The molecule has 23 heavy (non-hydrogen) atoms. The highest BCUT2D eigenvalue weighted by atomic mass is 32.1. The van der Waals surface area contributed by atoms with Gasteiger partial charge in [-0.25, -0.2) is 4.68 Å². The molecular weight excluding hydrogens is 306 g/mol. The summed E-state index contributed by atoms with van der Waals surface area (Å²) in [5.74, 6) is 0.698. The van der Waals surface area contributed by atoms with Crippen LogP contribution in [-0.2, 0) is 25.8 Å². The van der Waals surface area contributed by atoms with Crippen molar-refractivity contribution in [3.63, 3.8) is 0 Å². The van der Waals surface area contributed by atoms with Crippen LogP contribution in [0.5, 0.6) is 0 Å². The number of fused-ring (bicyclic) bond motifs is 3. The molecule has 0 spiro atoms. The van der Waals surface area contributed by atoms with E-state index in [0.29, 0.717) is 12.5 Å². The molecule has 2 heterocycles. The molecule has 0 fully saturated rings. The van der Waals surface area contributed by atoms with Crippen LogP contribution < -0.4 is 5.56 Å². The van der Waals surface area contributed by atoms with Crippen LogP contribution in [-0.4, -0.2) is 15.0 Å². The Kier molecular flexibility index (Phi) is 3.73. The van der Waals surface area contributed by atoms with Crippen LogP contribution in [0, 0.1) is 5.92 Å². The number of hydrogen-bond acceptors (Lipinski definition) is 4. The molecule has 5 heteroatoms. The van der Waals surface area contributed by atoms with Crippen LogP contribution in [0.4, 0.5) is 0 Å². The Morgan fingerprint density at radius 3 is 2.96 bits per heavy atom. The molecule has 1 aliphatic rings. The molecule has 0 aliphatic heterocycles. The lowest BCUT2D eigenvalue weighted by atomic mass is 9.89. The zero-order chi connectivity index (χ0) is 15.8. The van der Waals surface area contributed by atoms with Crippen molar-refractivity contribution in [2.24, 2.45) is 5.92 Å². The van der Waals surface area contributed by atoms with Crippen molar-refractivity contribution < 1.29 is 0 Å². The fraction of sp³-hybridized carbons (Fsp3) is 0.389. The highest BCUT2D eigenvalue weighted by molar-refractivity contribution is 7.18. The quantitative estimate of drug-likeness (QED) is 0.743. The number of rotatable bonds is 3. The van der Waals surface area contributed by atoms with Crippen LogP contribution in [0.3, 0.4) is 0 Å². The number of benzene rings is 1. The summed E-state index contributed by atoms with van der Waals surface area (Å²) in [6, 6.07) is 10.2. The molecule has 0 amide bonds. The number of hydrogen-bond donors (Lipinski definition) is 0. The van der Waals surface area contributed by atoms with Gasteiger partial charge in [-0.05, 0) is 42.7 Å². The van der Waals surface area contributed by atoms with E-state index in [1.807, 2.05) is 18.2 Å². The summed E-state index contributed by atoms with van der Waals surface area (Å²) >= 11 is 1.65. The highest BCUT2D eigenvalue weighted by Gasteiger charge is 2.23. The van der Waals surface area contributed by atoms with Gasteiger partial charge in [0.1, 0.15) is 0 Å². The van der Waals surface area contributed by atoms with Gasteiger partial charge in [-0.15, -0.1) is 16.4 Å². The van der Waals surface area contributed by atoms with Gasteiger partial charge in [-0.2, -0.15) is 0 Å². The topological polar surface area (TPSA) is 47.8 Å². The predicted octanol–water partition coefficient (Wildman–Crippen LogP) is 3.22. The lowest BCUT2D eigenvalue weighted by Crippen LogP contribution is -2.25. The molecule has 0 radical (unpaired) electrons. The molecule has 1 aliphatic carbocycles. The zero-order valence-corrected chi connectivity index (χ0v) is 14.0. The van der Waals surface area contributed by atoms with Crippen LogP contribution in [0.2, 0.25) is 0 Å². The molecular formula is C18H19N3OS. The van der Waals surface area contributed by atoms with Gasteiger partial charge in [0.15, 0.2) is 4.83 Å². The van der Waals surface area contributed by atoms with E-state index in [2.05, 4.69) is 29.4 Å². The fourth-order valence-corrected chi connectivity index (χ4v) is 4.64. The van der Waals surface area contributed by atoms with Crippen molar-refractivity contribution in [3.8, 4) is 0 Å². The van der Waals surface area contributed by atoms with E-state index in [0.717, 1.165) is 35.9 Å². The van der Waals surface area contributed by atoms with Gasteiger partial charge in [-0.1, -0.05) is 42.5 Å². The van der Waals surface area contributed by atoms with Crippen molar-refractivity contribution in [1.29, 1.82) is 0 Å². The minimum absolute atomic E-state index is 0.0259. The van der Waals surface area contributed by atoms with Gasteiger partial charge in [0, 0.05) is 4.88 Å². The second-order valence-corrected chi connectivity index (χ2v) is 7.47. The van der Waals surface area contributed by atoms with E-state index in [4.69, 9.17) is 0 Å². The molecule has 0 bridgehead atoms. The summed E-state index contributed by atoms with van der Waals surface area (Å²) in [6.07, 6.45) is 4.02. The molecule has 3 aromatic rings. The monoisotopic (exact) mass is 325 g/mol. The van der Waals surface area contributed by atoms with Gasteiger partial charge in [-0.3, -0.25) is 4.79 Å². The molecule has 1 unspecified atom stereocenters. The predicted molar refractivity (Wildman–Crippen MR) is 93.0 cm³/mol. The van der Waals surface area contributed by atoms with Gasteiger partial charge < -0.3 is 0 Å². The Bertz CT molecular complexity index is 898. The average Bonchev–Trinajstić information content (AvgIpc) is 2.93. The normalized spacial score (nSPS) is 17.3. The first-order valence-electron chi connectivity index (χ1n) is 8.14. The van der Waals surface area contributed by atoms with E-state index < -0.39 is 0 Å². The minimum atomic E-state index is 0.0259. The summed E-state index contributed by atoms with van der Waals surface area (Å²) in [6.45, 7) is 2.85. The first-order valence-corrected chi connectivity index (χ1v) is 8.96. The zero-order valence-electron chi connectivity index (χ0n) is 13.2. The van der Waals surface area contributed by atoms with Gasteiger partial charge in [0.2, 0.25) is 0 Å². The van der Waals surface area contributed by atoms with Gasteiger partial charge >= 0.3 is 0 Å². The van der Waals surface area contributed by atoms with Crippen molar-refractivity contribution in [1.82, 2.24) is 15.0 Å². The van der Waals surface area contributed by atoms with Crippen LogP contribution in [0.25, 0.3) is 10.2 Å². The second kappa shape index (κ2) is 5.89. The van der Waals surface area contributed by atoms with E-state index in [1.165, 1.54) is 20.7 Å². The van der Waals surface area contributed by atoms with Crippen LogP contribution >= 0.6 is 11.3 Å². The van der Waals surface area contributed by atoms with Gasteiger partial charge in [0.25, 0.3) is 5.56 Å². The molecule has 4 rings (SSSR count). The van der Waals surface area contributed by atoms with Crippen molar-refractivity contribution >= 4 is 21.6 Å². The second-order valence-electron chi connectivity index (χ2n) is 6.39. The maximum Gasteiger partial charge on any atom is 0.278 e.